The van der Waals surface area contributed by atoms with E-state index in [-0.39, 0.29) is 5.91 Å². The quantitative estimate of drug-likeness (QED) is 0.336. The summed E-state index contributed by atoms with van der Waals surface area (Å²) < 4.78 is 2.08. The molecular weight excluding hydrogens is 464 g/mol. The molecule has 0 bridgehead atoms. The maximum Gasteiger partial charge on any atom is 0.256 e. The van der Waals surface area contributed by atoms with E-state index in [1.165, 1.54) is 21.6 Å². The molecule has 1 aliphatic rings. The van der Waals surface area contributed by atoms with E-state index in [0.717, 1.165) is 38.4 Å². The zero-order chi connectivity index (χ0) is 20.0. The number of thiazole rings is 1. The van der Waals surface area contributed by atoms with Gasteiger partial charge in [0.25, 0.3) is 5.91 Å². The Morgan fingerprint density at radius 1 is 1.17 bits per heavy atom. The van der Waals surface area contributed by atoms with Crippen LogP contribution in [0.5, 0.6) is 0 Å². The first-order valence-electron chi connectivity index (χ1n) is 9.66. The molecule has 0 spiro atoms. The molecule has 29 heavy (non-hydrogen) atoms. The second-order valence-corrected chi connectivity index (χ2v) is 10.6. The van der Waals surface area contributed by atoms with Gasteiger partial charge in [-0.2, -0.15) is 0 Å². The Labute approximate surface area is 185 Å². The van der Waals surface area contributed by atoms with Gasteiger partial charge in [-0.1, -0.05) is 41.1 Å². The predicted molar refractivity (Wildman–Crippen MR) is 126 cm³/mol. The van der Waals surface area contributed by atoms with Gasteiger partial charge in [-0.05, 0) is 61.1 Å². The predicted octanol–water partition coefficient (Wildman–Crippen LogP) is 7.16. The lowest BCUT2D eigenvalue weighted by Crippen LogP contribution is -2.11. The SMILES string of the molecule is CC1CCc2c(sc(NC(=O)c3cccc(Br)c3)c2-c2nc3ccccc3s2)C1. The number of fused-ring (bicyclic) bond motifs is 2. The van der Waals surface area contributed by atoms with Crippen LogP contribution in [0.3, 0.4) is 0 Å². The topological polar surface area (TPSA) is 42.0 Å². The Kier molecular flexibility index (Phi) is 5.02. The zero-order valence-corrected chi connectivity index (χ0v) is 19.1. The summed E-state index contributed by atoms with van der Waals surface area (Å²) in [5.74, 6) is 0.596. The molecule has 0 aliphatic heterocycles. The van der Waals surface area contributed by atoms with E-state index in [1.54, 1.807) is 22.7 Å². The van der Waals surface area contributed by atoms with Crippen molar-refractivity contribution in [2.75, 3.05) is 5.32 Å². The van der Waals surface area contributed by atoms with Gasteiger partial charge in [0.05, 0.1) is 10.2 Å². The lowest BCUT2D eigenvalue weighted by molar-refractivity contribution is 0.102. The standard InChI is InChI=1S/C23H19BrN2OS2/c1-13-9-10-16-19(11-13)29-23(26-21(27)14-5-4-6-15(24)12-14)20(16)22-25-17-7-2-3-8-18(17)28-22/h2-8,12-13H,9-11H2,1H3,(H,26,27). The number of hydrogen-bond donors (Lipinski definition) is 1. The number of amides is 1. The fraction of sp³-hybridized carbons (Fsp3) is 0.217. The molecule has 146 valence electrons. The highest BCUT2D eigenvalue weighted by Gasteiger charge is 2.27. The number of aromatic nitrogens is 1. The first kappa shape index (κ1) is 19.0. The molecule has 0 fully saturated rings. The molecule has 6 heteroatoms. The summed E-state index contributed by atoms with van der Waals surface area (Å²) in [6.07, 6.45) is 3.30. The highest BCUT2D eigenvalue weighted by atomic mass is 79.9. The summed E-state index contributed by atoms with van der Waals surface area (Å²) in [5.41, 5.74) is 4.16. The van der Waals surface area contributed by atoms with Gasteiger partial charge in [-0.25, -0.2) is 4.98 Å². The monoisotopic (exact) mass is 482 g/mol. The molecule has 2 aromatic carbocycles. The number of carbonyl (C=O) groups is 1. The number of halogens is 1. The Hall–Kier alpha value is -2.02. The van der Waals surface area contributed by atoms with Gasteiger partial charge in [0.1, 0.15) is 10.0 Å². The third-order valence-electron chi connectivity index (χ3n) is 5.33. The molecule has 2 aromatic heterocycles. The van der Waals surface area contributed by atoms with E-state index >= 15 is 0 Å². The molecule has 1 atom stereocenters. The second-order valence-electron chi connectivity index (χ2n) is 7.51. The van der Waals surface area contributed by atoms with Crippen LogP contribution >= 0.6 is 38.6 Å². The van der Waals surface area contributed by atoms with E-state index in [4.69, 9.17) is 4.98 Å². The van der Waals surface area contributed by atoms with Crippen LogP contribution in [0.1, 0.15) is 34.1 Å². The van der Waals surface area contributed by atoms with Crippen molar-refractivity contribution in [3.05, 3.63) is 69.0 Å². The summed E-state index contributed by atoms with van der Waals surface area (Å²) in [6, 6.07) is 15.7. The number of carbonyl (C=O) groups excluding carboxylic acids is 1. The number of anilines is 1. The van der Waals surface area contributed by atoms with Crippen LogP contribution < -0.4 is 5.32 Å². The summed E-state index contributed by atoms with van der Waals surface area (Å²) in [6.45, 7) is 2.31. The molecule has 1 unspecified atom stereocenters. The van der Waals surface area contributed by atoms with Crippen molar-refractivity contribution in [1.82, 2.24) is 4.98 Å². The van der Waals surface area contributed by atoms with Crippen molar-refractivity contribution in [2.45, 2.75) is 26.2 Å². The number of para-hydroxylation sites is 1. The van der Waals surface area contributed by atoms with Crippen LogP contribution in [0, 0.1) is 5.92 Å². The fourth-order valence-corrected chi connectivity index (χ4v) is 6.76. The molecule has 0 saturated carbocycles. The van der Waals surface area contributed by atoms with Crippen LogP contribution in [0.4, 0.5) is 5.00 Å². The number of thiophene rings is 1. The minimum absolute atomic E-state index is 0.0830. The summed E-state index contributed by atoms with van der Waals surface area (Å²) in [7, 11) is 0. The largest absolute Gasteiger partial charge is 0.313 e. The van der Waals surface area contributed by atoms with E-state index in [0.29, 0.717) is 11.5 Å². The number of rotatable bonds is 3. The van der Waals surface area contributed by atoms with Crippen molar-refractivity contribution in [3.8, 4) is 10.6 Å². The highest BCUT2D eigenvalue weighted by molar-refractivity contribution is 9.10. The number of hydrogen-bond acceptors (Lipinski definition) is 4. The van der Waals surface area contributed by atoms with E-state index in [1.807, 2.05) is 36.4 Å². The Bertz CT molecular complexity index is 1190. The van der Waals surface area contributed by atoms with Crippen molar-refractivity contribution in [1.29, 1.82) is 0 Å². The molecule has 4 aromatic rings. The minimum Gasteiger partial charge on any atom is -0.313 e. The van der Waals surface area contributed by atoms with Crippen LogP contribution in [0.25, 0.3) is 20.8 Å². The maximum atomic E-state index is 13.0. The normalized spacial score (nSPS) is 16.0. The Balaban J connectivity index is 1.60. The number of benzene rings is 2. The lowest BCUT2D eigenvalue weighted by Gasteiger charge is -2.18. The van der Waals surface area contributed by atoms with Crippen molar-refractivity contribution in [2.24, 2.45) is 5.92 Å². The Morgan fingerprint density at radius 2 is 2.03 bits per heavy atom. The summed E-state index contributed by atoms with van der Waals surface area (Å²) >= 11 is 6.88. The third kappa shape index (κ3) is 3.65. The van der Waals surface area contributed by atoms with Gasteiger partial charge in [0, 0.05) is 20.5 Å². The number of nitrogens with zero attached hydrogens (tertiary/aromatic N) is 1. The summed E-state index contributed by atoms with van der Waals surface area (Å²) in [5, 5.41) is 5.12. The van der Waals surface area contributed by atoms with E-state index in [9.17, 15) is 4.79 Å². The van der Waals surface area contributed by atoms with Crippen molar-refractivity contribution in [3.63, 3.8) is 0 Å². The number of nitrogens with one attached hydrogen (secondary N) is 1. The zero-order valence-electron chi connectivity index (χ0n) is 15.9. The smallest absolute Gasteiger partial charge is 0.256 e. The maximum absolute atomic E-state index is 13.0. The molecule has 2 heterocycles. The Morgan fingerprint density at radius 3 is 2.86 bits per heavy atom. The van der Waals surface area contributed by atoms with Crippen LogP contribution in [0.15, 0.2) is 53.0 Å². The van der Waals surface area contributed by atoms with Gasteiger partial charge in [-0.3, -0.25) is 4.79 Å². The van der Waals surface area contributed by atoms with Gasteiger partial charge in [0.15, 0.2) is 0 Å². The van der Waals surface area contributed by atoms with Crippen LogP contribution in [0.2, 0.25) is 0 Å². The van der Waals surface area contributed by atoms with E-state index < -0.39 is 0 Å². The molecular formula is C23H19BrN2OS2. The molecule has 1 N–H and O–H groups in total. The van der Waals surface area contributed by atoms with Crippen molar-refractivity contribution >= 4 is 59.7 Å². The molecule has 1 aliphatic carbocycles. The lowest BCUT2D eigenvalue weighted by atomic mass is 9.88. The highest BCUT2D eigenvalue weighted by Crippen LogP contribution is 2.47. The minimum atomic E-state index is -0.0830. The first-order chi connectivity index (χ1) is 14.1. The van der Waals surface area contributed by atoms with Gasteiger partial charge >= 0.3 is 0 Å². The average Bonchev–Trinajstić information content (AvgIpc) is 3.27. The van der Waals surface area contributed by atoms with Crippen LogP contribution in [-0.4, -0.2) is 10.9 Å². The summed E-state index contributed by atoms with van der Waals surface area (Å²) in [4.78, 5) is 19.3. The van der Waals surface area contributed by atoms with Crippen molar-refractivity contribution < 1.29 is 4.79 Å². The first-order valence-corrected chi connectivity index (χ1v) is 12.1. The van der Waals surface area contributed by atoms with E-state index in [2.05, 4.69) is 40.3 Å². The second kappa shape index (κ2) is 7.67. The third-order valence-corrected chi connectivity index (χ3v) is 8.05. The molecule has 5 rings (SSSR count). The average molecular weight is 483 g/mol. The molecule has 1 amide bonds. The molecule has 3 nitrogen and oxygen atoms in total. The van der Waals surface area contributed by atoms with Gasteiger partial charge in [-0.15, -0.1) is 22.7 Å². The van der Waals surface area contributed by atoms with Gasteiger partial charge in [0.2, 0.25) is 0 Å². The molecule has 0 radical (unpaired) electrons. The van der Waals surface area contributed by atoms with Gasteiger partial charge < -0.3 is 5.32 Å². The molecule has 0 saturated heterocycles. The van der Waals surface area contributed by atoms with Crippen LogP contribution in [-0.2, 0) is 12.8 Å². The fourth-order valence-electron chi connectivity index (χ4n) is 3.85.